The third-order valence-electron chi connectivity index (χ3n) is 6.39. The molecule has 0 saturated heterocycles. The van der Waals surface area contributed by atoms with Crippen LogP contribution >= 0.6 is 15.9 Å². The summed E-state index contributed by atoms with van der Waals surface area (Å²) in [5.74, 6) is -0.916. The zero-order valence-corrected chi connectivity index (χ0v) is 22.4. The number of sulfonamides is 1. The van der Waals surface area contributed by atoms with Crippen LogP contribution in [0.1, 0.15) is 40.2 Å². The number of benzene rings is 3. The Bertz CT molecular complexity index is 1630. The van der Waals surface area contributed by atoms with Crippen molar-refractivity contribution < 1.29 is 26.4 Å². The quantitative estimate of drug-likeness (QED) is 0.273. The number of carbonyl (C=O) groups excluding carboxylic acids is 1. The van der Waals surface area contributed by atoms with Crippen molar-refractivity contribution in [3.63, 3.8) is 0 Å². The first-order chi connectivity index (χ1) is 17.6. The monoisotopic (exact) mass is 588 g/mol. The summed E-state index contributed by atoms with van der Waals surface area (Å²) in [5, 5.41) is 3.17. The second kappa shape index (κ2) is 9.57. The van der Waals surface area contributed by atoms with E-state index < -0.39 is 21.7 Å². The molecule has 1 aliphatic rings. The van der Waals surface area contributed by atoms with E-state index in [4.69, 9.17) is 4.42 Å². The summed E-state index contributed by atoms with van der Waals surface area (Å²) < 4.78 is 61.4. The Morgan fingerprint density at radius 3 is 2.41 bits per heavy atom. The predicted octanol–water partition coefficient (Wildman–Crippen LogP) is 6.34. The second-order valence-corrected chi connectivity index (χ2v) is 11.9. The van der Waals surface area contributed by atoms with E-state index in [-0.39, 0.29) is 28.6 Å². The lowest BCUT2D eigenvalue weighted by Crippen LogP contribution is -2.30. The smallest absolute Gasteiger partial charge is 0.255 e. The van der Waals surface area contributed by atoms with E-state index in [9.17, 15) is 22.0 Å². The highest BCUT2D eigenvalue weighted by atomic mass is 79.9. The number of hydrogen-bond acceptors (Lipinski definition) is 4. The van der Waals surface area contributed by atoms with Crippen molar-refractivity contribution >= 4 is 48.5 Å². The summed E-state index contributed by atoms with van der Waals surface area (Å²) in [6, 6.07) is 13.5. The highest BCUT2D eigenvalue weighted by Crippen LogP contribution is 2.48. The summed E-state index contributed by atoms with van der Waals surface area (Å²) in [4.78, 5) is 12.9. The van der Waals surface area contributed by atoms with Crippen LogP contribution in [0.25, 0.3) is 22.3 Å². The molecule has 1 N–H and O–H groups in total. The van der Waals surface area contributed by atoms with E-state index in [1.54, 1.807) is 12.1 Å². The molecule has 1 saturated carbocycles. The largest absolute Gasteiger partial charge is 0.455 e. The summed E-state index contributed by atoms with van der Waals surface area (Å²) in [7, 11) is -2.27. The van der Waals surface area contributed by atoms with Crippen LogP contribution in [0.3, 0.4) is 0 Å². The van der Waals surface area contributed by atoms with E-state index in [1.165, 1.54) is 47.8 Å². The van der Waals surface area contributed by atoms with Gasteiger partial charge in [0.05, 0.1) is 28.5 Å². The van der Waals surface area contributed by atoms with Crippen LogP contribution in [0.2, 0.25) is 0 Å². The first-order valence-corrected chi connectivity index (χ1v) is 14.2. The Balaban J connectivity index is 1.72. The highest BCUT2D eigenvalue weighted by Gasteiger charge is 2.33. The van der Waals surface area contributed by atoms with Crippen LogP contribution in [0.5, 0.6) is 0 Å². The number of rotatable bonds is 7. The number of anilines is 1. The average molecular weight is 589 g/mol. The molecule has 37 heavy (non-hydrogen) atoms. The SMILES string of the molecule is CNC(=O)c1c(-c2ccc(F)cc2)oc2cc(N(Cc3ccc(Br)c(F)c3)S(C)(=O)=O)c(C3CC3)cc12. The topological polar surface area (TPSA) is 79.6 Å². The maximum Gasteiger partial charge on any atom is 0.255 e. The number of nitrogens with one attached hydrogen (secondary N) is 1. The van der Waals surface area contributed by atoms with E-state index in [2.05, 4.69) is 21.2 Å². The van der Waals surface area contributed by atoms with Crippen molar-refractivity contribution in [2.24, 2.45) is 0 Å². The molecule has 10 heteroatoms. The van der Waals surface area contributed by atoms with Gasteiger partial charge in [-0.25, -0.2) is 17.2 Å². The first-order valence-electron chi connectivity index (χ1n) is 11.6. The van der Waals surface area contributed by atoms with Gasteiger partial charge in [-0.05, 0) is 88.3 Å². The van der Waals surface area contributed by atoms with Crippen molar-refractivity contribution in [1.82, 2.24) is 5.32 Å². The lowest BCUT2D eigenvalue weighted by molar-refractivity contribution is 0.0964. The van der Waals surface area contributed by atoms with Crippen molar-refractivity contribution in [2.45, 2.75) is 25.3 Å². The molecule has 5 rings (SSSR count). The van der Waals surface area contributed by atoms with Crippen LogP contribution < -0.4 is 9.62 Å². The number of amides is 1. The minimum Gasteiger partial charge on any atom is -0.455 e. The molecule has 1 aromatic heterocycles. The number of hydrogen-bond donors (Lipinski definition) is 1. The Morgan fingerprint density at radius 1 is 1.11 bits per heavy atom. The number of fused-ring (bicyclic) bond motifs is 1. The Hall–Kier alpha value is -3.24. The molecular formula is C27H23BrF2N2O4S. The Morgan fingerprint density at radius 2 is 1.81 bits per heavy atom. The van der Waals surface area contributed by atoms with Crippen LogP contribution in [0.15, 0.2) is 63.5 Å². The minimum atomic E-state index is -3.78. The Kier molecular flexibility index (Phi) is 6.57. The molecule has 0 aliphatic heterocycles. The summed E-state index contributed by atoms with van der Waals surface area (Å²) in [6.07, 6.45) is 2.85. The van der Waals surface area contributed by atoms with E-state index in [0.717, 1.165) is 24.7 Å². The molecule has 0 unspecified atom stereocenters. The molecule has 1 heterocycles. The van der Waals surface area contributed by atoms with Gasteiger partial charge in [-0.1, -0.05) is 6.07 Å². The number of furan rings is 1. The molecule has 0 radical (unpaired) electrons. The maximum absolute atomic E-state index is 14.2. The number of halogens is 3. The van der Waals surface area contributed by atoms with E-state index in [0.29, 0.717) is 33.3 Å². The van der Waals surface area contributed by atoms with Gasteiger partial charge in [0.2, 0.25) is 10.0 Å². The van der Waals surface area contributed by atoms with Crippen molar-refractivity contribution in [3.8, 4) is 11.3 Å². The van der Waals surface area contributed by atoms with E-state index in [1.807, 2.05) is 6.07 Å². The third kappa shape index (κ3) is 5.00. The maximum atomic E-state index is 14.2. The lowest BCUT2D eigenvalue weighted by Gasteiger charge is -2.25. The molecule has 1 amide bonds. The van der Waals surface area contributed by atoms with E-state index >= 15 is 0 Å². The van der Waals surface area contributed by atoms with Gasteiger partial charge in [-0.2, -0.15) is 0 Å². The van der Waals surface area contributed by atoms with Crippen LogP contribution in [0, 0.1) is 11.6 Å². The average Bonchev–Trinajstić information content (AvgIpc) is 3.63. The normalized spacial score (nSPS) is 13.6. The predicted molar refractivity (Wildman–Crippen MR) is 142 cm³/mol. The molecule has 1 fully saturated rings. The molecule has 0 bridgehead atoms. The van der Waals surface area contributed by atoms with Crippen molar-refractivity contribution in [1.29, 1.82) is 0 Å². The summed E-state index contributed by atoms with van der Waals surface area (Å²) in [6.45, 7) is -0.0813. The van der Waals surface area contributed by atoms with Crippen molar-refractivity contribution in [2.75, 3.05) is 17.6 Å². The fourth-order valence-corrected chi connectivity index (χ4v) is 5.57. The molecule has 1 aliphatic carbocycles. The third-order valence-corrected chi connectivity index (χ3v) is 8.16. The molecule has 3 aromatic carbocycles. The molecule has 0 atom stereocenters. The van der Waals surface area contributed by atoms with Crippen molar-refractivity contribution in [3.05, 3.63) is 87.4 Å². The fourth-order valence-electron chi connectivity index (χ4n) is 4.43. The number of carbonyl (C=O) groups is 1. The lowest BCUT2D eigenvalue weighted by atomic mass is 10.00. The first kappa shape index (κ1) is 25.4. The van der Waals surface area contributed by atoms with Gasteiger partial charge >= 0.3 is 0 Å². The van der Waals surface area contributed by atoms with Crippen LogP contribution in [-0.4, -0.2) is 27.6 Å². The van der Waals surface area contributed by atoms with Gasteiger partial charge in [-0.15, -0.1) is 0 Å². The van der Waals surface area contributed by atoms with Gasteiger partial charge < -0.3 is 9.73 Å². The Labute approximate surface area is 221 Å². The molecule has 4 aromatic rings. The molecule has 6 nitrogen and oxygen atoms in total. The van der Waals surface area contributed by atoms with Crippen LogP contribution in [-0.2, 0) is 16.6 Å². The number of nitrogens with zero attached hydrogens (tertiary/aromatic N) is 1. The zero-order valence-electron chi connectivity index (χ0n) is 20.0. The van der Waals surface area contributed by atoms with Gasteiger partial charge in [0.1, 0.15) is 23.0 Å². The standard InChI is InChI=1S/C27H23BrF2N2O4S/c1-31-27(33)25-20-12-19(16-4-5-16)23(13-24(20)36-26(25)17-6-8-18(29)9-7-17)32(37(2,34)35)14-15-3-10-21(28)22(30)11-15/h3,6-13,16H,4-5,14H2,1-2H3,(H,31,33). The molecular weight excluding hydrogens is 566 g/mol. The summed E-state index contributed by atoms with van der Waals surface area (Å²) >= 11 is 3.12. The highest BCUT2D eigenvalue weighted by molar-refractivity contribution is 9.10. The van der Waals surface area contributed by atoms with Gasteiger partial charge in [0.15, 0.2) is 0 Å². The fraction of sp³-hybridized carbons (Fsp3) is 0.222. The summed E-state index contributed by atoms with van der Waals surface area (Å²) in [5.41, 5.74) is 2.78. The van der Waals surface area contributed by atoms with Gasteiger partial charge in [0, 0.05) is 24.1 Å². The zero-order chi connectivity index (χ0) is 26.5. The minimum absolute atomic E-state index is 0.0813. The van der Waals surface area contributed by atoms with Crippen LogP contribution in [0.4, 0.5) is 14.5 Å². The second-order valence-electron chi connectivity index (χ2n) is 9.09. The molecule has 192 valence electrons. The van der Waals surface area contributed by atoms with Gasteiger partial charge in [0.25, 0.3) is 5.91 Å². The van der Waals surface area contributed by atoms with Gasteiger partial charge in [-0.3, -0.25) is 9.10 Å². The molecule has 0 spiro atoms.